The number of rotatable bonds is 4. The molecule has 0 aliphatic rings. The van der Waals surface area contributed by atoms with Gasteiger partial charge < -0.3 is 5.32 Å². The van der Waals surface area contributed by atoms with Crippen LogP contribution in [0, 0.1) is 12.3 Å². The third-order valence-electron chi connectivity index (χ3n) is 1.82. The summed E-state index contributed by atoms with van der Waals surface area (Å²) in [7, 11) is 0. The lowest BCUT2D eigenvalue weighted by molar-refractivity contribution is 0.709. The molecule has 1 N–H and O–H groups in total. The van der Waals surface area contributed by atoms with E-state index in [1.807, 2.05) is 6.92 Å². The van der Waals surface area contributed by atoms with E-state index < -0.39 is 0 Å². The van der Waals surface area contributed by atoms with E-state index in [0.717, 1.165) is 6.42 Å². The molecule has 0 spiro atoms. The Bertz CT molecular complexity index is 375. The molecule has 1 atom stereocenters. The van der Waals surface area contributed by atoms with Crippen LogP contribution in [0.1, 0.15) is 19.8 Å². The number of halogens is 2. The van der Waals surface area contributed by atoms with Gasteiger partial charge in [0.15, 0.2) is 11.0 Å². The van der Waals surface area contributed by atoms with Crippen molar-refractivity contribution in [1.82, 2.24) is 15.2 Å². The number of nitrogens with zero attached hydrogens (tertiary/aromatic N) is 3. The summed E-state index contributed by atoms with van der Waals surface area (Å²) in [5.41, 5.74) is 0. The summed E-state index contributed by atoms with van der Waals surface area (Å²) >= 11 is 11.4. The largest absolute Gasteiger partial charge is 0.364 e. The van der Waals surface area contributed by atoms with Crippen LogP contribution in [0.25, 0.3) is 0 Å². The molecule has 0 saturated carbocycles. The molecule has 1 aromatic rings. The van der Waals surface area contributed by atoms with Crippen LogP contribution in [0.15, 0.2) is 0 Å². The second-order valence-corrected chi connectivity index (χ2v) is 3.57. The zero-order valence-corrected chi connectivity index (χ0v) is 9.68. The van der Waals surface area contributed by atoms with Gasteiger partial charge >= 0.3 is 0 Å². The van der Waals surface area contributed by atoms with Gasteiger partial charge in [0.1, 0.15) is 0 Å². The molecule has 15 heavy (non-hydrogen) atoms. The average molecular weight is 245 g/mol. The second-order valence-electron chi connectivity index (χ2n) is 2.88. The Labute approximate surface area is 98.4 Å². The first-order valence-electron chi connectivity index (χ1n) is 4.43. The first-order chi connectivity index (χ1) is 7.17. The van der Waals surface area contributed by atoms with E-state index in [0.29, 0.717) is 12.2 Å². The van der Waals surface area contributed by atoms with Gasteiger partial charge in [-0.1, -0.05) is 18.5 Å². The highest BCUT2D eigenvalue weighted by Gasteiger charge is 2.10. The SMILES string of the molecule is C#CCC(CC)Nc1nc(Cl)nnc1Cl. The van der Waals surface area contributed by atoms with Gasteiger partial charge in [0, 0.05) is 12.5 Å². The maximum atomic E-state index is 5.79. The molecule has 0 saturated heterocycles. The Morgan fingerprint density at radius 3 is 2.80 bits per heavy atom. The van der Waals surface area contributed by atoms with Crippen LogP contribution < -0.4 is 5.32 Å². The normalized spacial score (nSPS) is 11.9. The molecule has 0 aliphatic heterocycles. The first-order valence-corrected chi connectivity index (χ1v) is 5.18. The first kappa shape index (κ1) is 12.0. The summed E-state index contributed by atoms with van der Waals surface area (Å²) in [5, 5.41) is 10.5. The Kier molecular flexibility index (Phi) is 4.60. The third-order valence-corrected chi connectivity index (χ3v) is 2.23. The average Bonchev–Trinajstić information content (AvgIpc) is 2.22. The number of anilines is 1. The molecule has 0 amide bonds. The predicted octanol–water partition coefficient (Wildman–Crippen LogP) is 2.39. The van der Waals surface area contributed by atoms with Crippen molar-refractivity contribution in [2.45, 2.75) is 25.8 Å². The van der Waals surface area contributed by atoms with Crippen molar-refractivity contribution in [2.75, 3.05) is 5.32 Å². The van der Waals surface area contributed by atoms with Crippen molar-refractivity contribution in [1.29, 1.82) is 0 Å². The molecular weight excluding hydrogens is 235 g/mol. The molecule has 0 aliphatic carbocycles. The number of hydrogen-bond acceptors (Lipinski definition) is 4. The van der Waals surface area contributed by atoms with Crippen molar-refractivity contribution < 1.29 is 0 Å². The topological polar surface area (TPSA) is 50.7 Å². The maximum absolute atomic E-state index is 5.79. The second kappa shape index (κ2) is 5.74. The minimum Gasteiger partial charge on any atom is -0.364 e. The minimum absolute atomic E-state index is 0.0532. The molecule has 1 aromatic heterocycles. The van der Waals surface area contributed by atoms with Crippen LogP contribution in [0.4, 0.5) is 5.82 Å². The monoisotopic (exact) mass is 244 g/mol. The number of aromatic nitrogens is 3. The van der Waals surface area contributed by atoms with E-state index >= 15 is 0 Å². The molecule has 0 aromatic carbocycles. The summed E-state index contributed by atoms with van der Waals surface area (Å²) in [6, 6.07) is 0.111. The van der Waals surface area contributed by atoms with E-state index in [-0.39, 0.29) is 16.5 Å². The molecule has 0 fully saturated rings. The highest BCUT2D eigenvalue weighted by molar-refractivity contribution is 6.32. The van der Waals surface area contributed by atoms with Gasteiger partial charge in [-0.2, -0.15) is 4.98 Å². The fourth-order valence-electron chi connectivity index (χ4n) is 1.02. The van der Waals surface area contributed by atoms with E-state index in [1.54, 1.807) is 0 Å². The summed E-state index contributed by atoms with van der Waals surface area (Å²) in [5.74, 6) is 2.99. The fraction of sp³-hybridized carbons (Fsp3) is 0.444. The van der Waals surface area contributed by atoms with Crippen LogP contribution >= 0.6 is 23.2 Å². The lowest BCUT2D eigenvalue weighted by Crippen LogP contribution is -2.19. The van der Waals surface area contributed by atoms with Crippen molar-refractivity contribution in [3.63, 3.8) is 0 Å². The van der Waals surface area contributed by atoms with Crippen LogP contribution in [-0.2, 0) is 0 Å². The molecule has 0 bridgehead atoms. The number of nitrogens with one attached hydrogen (secondary N) is 1. The molecule has 80 valence electrons. The molecule has 0 radical (unpaired) electrons. The third kappa shape index (κ3) is 3.54. The van der Waals surface area contributed by atoms with Gasteiger partial charge in [-0.05, 0) is 18.0 Å². The highest BCUT2D eigenvalue weighted by atomic mass is 35.5. The fourth-order valence-corrected chi connectivity index (χ4v) is 1.28. The van der Waals surface area contributed by atoms with Gasteiger partial charge in [-0.25, -0.2) is 0 Å². The van der Waals surface area contributed by atoms with Crippen molar-refractivity contribution in [3.05, 3.63) is 10.4 Å². The summed E-state index contributed by atoms with van der Waals surface area (Å²) < 4.78 is 0. The molecular formula is C9H10Cl2N4. The van der Waals surface area contributed by atoms with E-state index in [1.165, 1.54) is 0 Å². The van der Waals surface area contributed by atoms with Gasteiger partial charge in [0.2, 0.25) is 5.28 Å². The minimum atomic E-state index is 0.0532. The van der Waals surface area contributed by atoms with Crippen LogP contribution in [-0.4, -0.2) is 21.2 Å². The summed E-state index contributed by atoms with van der Waals surface area (Å²) in [6.45, 7) is 2.01. The standard InChI is InChI=1S/C9H10Cl2N4/c1-3-5-6(4-2)12-8-7(10)14-15-9(11)13-8/h1,6H,4-5H2,2H3,(H,12,13,15). The zero-order valence-electron chi connectivity index (χ0n) is 8.17. The summed E-state index contributed by atoms with van der Waals surface area (Å²) in [4.78, 5) is 3.92. The van der Waals surface area contributed by atoms with E-state index in [4.69, 9.17) is 29.6 Å². The summed E-state index contributed by atoms with van der Waals surface area (Å²) in [6.07, 6.45) is 6.68. The maximum Gasteiger partial charge on any atom is 0.245 e. The Morgan fingerprint density at radius 2 is 2.20 bits per heavy atom. The molecule has 1 heterocycles. The Morgan fingerprint density at radius 1 is 1.47 bits per heavy atom. The van der Waals surface area contributed by atoms with Gasteiger partial charge in [0.05, 0.1) is 0 Å². The quantitative estimate of drug-likeness (QED) is 0.827. The van der Waals surface area contributed by atoms with E-state index in [2.05, 4.69) is 26.4 Å². The molecule has 4 nitrogen and oxygen atoms in total. The van der Waals surface area contributed by atoms with E-state index in [9.17, 15) is 0 Å². The molecule has 1 unspecified atom stereocenters. The van der Waals surface area contributed by atoms with Crippen LogP contribution in [0.2, 0.25) is 10.4 Å². The lowest BCUT2D eigenvalue weighted by atomic mass is 10.1. The highest BCUT2D eigenvalue weighted by Crippen LogP contribution is 2.18. The zero-order chi connectivity index (χ0) is 11.3. The van der Waals surface area contributed by atoms with Gasteiger partial charge in [0.25, 0.3) is 0 Å². The van der Waals surface area contributed by atoms with Crippen LogP contribution in [0.3, 0.4) is 0 Å². The Hall–Kier alpha value is -1.05. The smallest absolute Gasteiger partial charge is 0.245 e. The number of hydrogen-bond donors (Lipinski definition) is 1. The van der Waals surface area contributed by atoms with Crippen LogP contribution in [0.5, 0.6) is 0 Å². The molecule has 1 rings (SSSR count). The van der Waals surface area contributed by atoms with Gasteiger partial charge in [-0.15, -0.1) is 22.5 Å². The van der Waals surface area contributed by atoms with Gasteiger partial charge in [-0.3, -0.25) is 0 Å². The van der Waals surface area contributed by atoms with Crippen molar-refractivity contribution >= 4 is 29.0 Å². The number of terminal acetylenes is 1. The molecule has 6 heteroatoms. The lowest BCUT2D eigenvalue weighted by Gasteiger charge is -2.14. The van der Waals surface area contributed by atoms with Crippen molar-refractivity contribution in [3.8, 4) is 12.3 Å². The van der Waals surface area contributed by atoms with Crippen molar-refractivity contribution in [2.24, 2.45) is 0 Å². The Balaban J connectivity index is 2.78. The predicted molar refractivity (Wildman–Crippen MR) is 61.0 cm³/mol.